The van der Waals surface area contributed by atoms with Gasteiger partial charge in [0.15, 0.2) is 0 Å². The molecule has 0 spiro atoms. The molecule has 1 saturated heterocycles. The summed E-state index contributed by atoms with van der Waals surface area (Å²) >= 11 is 0. The monoisotopic (exact) mass is 365 g/mol. The van der Waals surface area contributed by atoms with Crippen molar-refractivity contribution in [1.29, 1.82) is 0 Å². The van der Waals surface area contributed by atoms with Crippen molar-refractivity contribution in [2.75, 3.05) is 13.2 Å². The minimum absolute atomic E-state index is 0.0540. The first-order chi connectivity index (χ1) is 12.4. The normalized spacial score (nSPS) is 24.3. The van der Waals surface area contributed by atoms with Crippen molar-refractivity contribution >= 4 is 11.8 Å². The van der Waals surface area contributed by atoms with Gasteiger partial charge in [-0.05, 0) is 37.5 Å². The van der Waals surface area contributed by atoms with Crippen molar-refractivity contribution < 1.29 is 23.1 Å². The third kappa shape index (κ3) is 4.00. The minimum atomic E-state index is -2.93. The van der Waals surface area contributed by atoms with Crippen LogP contribution in [0.15, 0.2) is 12.3 Å². The maximum atomic E-state index is 13.2. The van der Waals surface area contributed by atoms with Crippen LogP contribution in [-0.2, 0) is 4.79 Å². The average Bonchev–Trinajstić information content (AvgIpc) is 3.51. The molecule has 2 aliphatic carbocycles. The molecule has 2 N–H and O–H groups in total. The van der Waals surface area contributed by atoms with E-state index in [1.54, 1.807) is 12.3 Å². The van der Waals surface area contributed by atoms with E-state index in [1.165, 1.54) is 0 Å². The van der Waals surface area contributed by atoms with E-state index in [-0.39, 0.29) is 5.69 Å². The molecule has 1 atom stereocenters. The fraction of sp³-hybridized carbons (Fsp3) is 0.611. The van der Waals surface area contributed by atoms with Crippen molar-refractivity contribution in [2.45, 2.75) is 50.0 Å². The molecule has 0 radical (unpaired) electrons. The largest absolute Gasteiger partial charge is 0.493 e. The number of hydrogen-bond donors (Lipinski definition) is 2. The molecule has 3 aliphatic rings. The number of imide groups is 1. The van der Waals surface area contributed by atoms with Gasteiger partial charge < -0.3 is 4.74 Å². The number of hydrogen-bond acceptors (Lipinski definition) is 5. The lowest BCUT2D eigenvalue weighted by Crippen LogP contribution is -2.43. The van der Waals surface area contributed by atoms with Crippen LogP contribution in [0.25, 0.3) is 0 Å². The van der Waals surface area contributed by atoms with E-state index in [4.69, 9.17) is 4.74 Å². The quantitative estimate of drug-likeness (QED) is 0.754. The second-order valence-corrected chi connectivity index (χ2v) is 7.45. The first-order valence-corrected chi connectivity index (χ1v) is 9.00. The van der Waals surface area contributed by atoms with E-state index in [2.05, 4.69) is 15.6 Å². The Balaban J connectivity index is 1.43. The highest BCUT2D eigenvalue weighted by molar-refractivity contribution is 6.05. The topological polar surface area (TPSA) is 80.3 Å². The lowest BCUT2D eigenvalue weighted by Gasteiger charge is -2.13. The summed E-state index contributed by atoms with van der Waals surface area (Å²) in [6, 6.07) is 0.472. The summed E-state index contributed by atoms with van der Waals surface area (Å²) in [4.78, 5) is 28.5. The Morgan fingerprint density at radius 3 is 2.69 bits per heavy atom. The number of aromatic nitrogens is 1. The maximum absolute atomic E-state index is 13.2. The molecule has 0 bridgehead atoms. The Kier molecular flexibility index (Phi) is 4.38. The van der Waals surface area contributed by atoms with Gasteiger partial charge in [0.2, 0.25) is 5.91 Å². The number of amides is 2. The lowest BCUT2D eigenvalue weighted by atomic mass is 10.1. The summed E-state index contributed by atoms with van der Waals surface area (Å²) in [6.07, 6.45) is 5.48. The molecule has 0 aromatic carbocycles. The molecular formula is C18H21F2N3O3. The standard InChI is InChI=1S/C18H21F2N3O3/c19-18(20)6-14(22-9-18)17(25)23-16(24)13-5-15(26-8-10-1-2-10)12(7-21-13)11-3-4-11/h5,7,10-11,14,22H,1-4,6,8-9H2,(H,23,24,25)/t14-/m0/s1. The third-order valence-electron chi connectivity index (χ3n) is 4.98. The van der Waals surface area contributed by atoms with Gasteiger partial charge >= 0.3 is 0 Å². The number of carbonyl (C=O) groups excluding carboxylic acids is 2. The van der Waals surface area contributed by atoms with Gasteiger partial charge in [0.05, 0.1) is 19.2 Å². The number of pyridine rings is 1. The summed E-state index contributed by atoms with van der Waals surface area (Å²) in [7, 11) is 0. The second-order valence-electron chi connectivity index (χ2n) is 7.45. The van der Waals surface area contributed by atoms with Crippen molar-refractivity contribution in [3.8, 4) is 5.75 Å². The van der Waals surface area contributed by atoms with Crippen LogP contribution in [0.3, 0.4) is 0 Å². The highest BCUT2D eigenvalue weighted by Crippen LogP contribution is 2.44. The van der Waals surface area contributed by atoms with Crippen molar-refractivity contribution in [3.05, 3.63) is 23.5 Å². The Hall–Kier alpha value is -2.09. The maximum Gasteiger partial charge on any atom is 0.276 e. The number of halogens is 2. The summed E-state index contributed by atoms with van der Waals surface area (Å²) in [5, 5.41) is 4.58. The van der Waals surface area contributed by atoms with Crippen LogP contribution in [0.5, 0.6) is 5.75 Å². The molecular weight excluding hydrogens is 344 g/mol. The van der Waals surface area contributed by atoms with Crippen molar-refractivity contribution in [2.24, 2.45) is 5.92 Å². The Morgan fingerprint density at radius 1 is 1.31 bits per heavy atom. The van der Waals surface area contributed by atoms with E-state index in [1.807, 2.05) is 0 Å². The molecule has 1 aromatic heterocycles. The highest BCUT2D eigenvalue weighted by Gasteiger charge is 2.42. The molecule has 2 heterocycles. The first-order valence-electron chi connectivity index (χ1n) is 9.00. The summed E-state index contributed by atoms with van der Waals surface area (Å²) in [5.74, 6) is -2.77. The summed E-state index contributed by atoms with van der Waals surface area (Å²) in [5.41, 5.74) is 1.05. The van der Waals surface area contributed by atoms with E-state index < -0.39 is 36.7 Å². The zero-order valence-corrected chi connectivity index (χ0v) is 14.3. The molecule has 4 rings (SSSR count). The van der Waals surface area contributed by atoms with E-state index in [0.717, 1.165) is 31.2 Å². The molecule has 2 saturated carbocycles. The van der Waals surface area contributed by atoms with Gasteiger partial charge in [0, 0.05) is 24.2 Å². The number of nitrogens with zero attached hydrogens (tertiary/aromatic N) is 1. The molecule has 140 valence electrons. The van der Waals surface area contributed by atoms with Crippen LogP contribution in [0.1, 0.15) is 54.1 Å². The minimum Gasteiger partial charge on any atom is -0.493 e. The lowest BCUT2D eigenvalue weighted by molar-refractivity contribution is -0.122. The summed E-state index contributed by atoms with van der Waals surface area (Å²) in [6.45, 7) is 0.0531. The fourth-order valence-corrected chi connectivity index (χ4v) is 3.05. The number of rotatable bonds is 6. The second kappa shape index (κ2) is 6.57. The first kappa shape index (κ1) is 17.3. The van der Waals surface area contributed by atoms with Gasteiger partial charge in [0.1, 0.15) is 11.4 Å². The molecule has 3 fully saturated rings. The Labute approximate surface area is 149 Å². The Morgan fingerprint density at radius 2 is 2.08 bits per heavy atom. The number of ether oxygens (including phenoxy) is 1. The SMILES string of the molecule is O=C(NC(=O)[C@@H]1CC(F)(F)CN1)c1cc(OCC2CC2)c(C2CC2)cn1. The van der Waals surface area contributed by atoms with Crippen molar-refractivity contribution in [3.63, 3.8) is 0 Å². The van der Waals surface area contributed by atoms with Crippen LogP contribution < -0.4 is 15.4 Å². The Bertz CT molecular complexity index is 732. The van der Waals surface area contributed by atoms with Gasteiger partial charge in [0.25, 0.3) is 11.8 Å². The third-order valence-corrected chi connectivity index (χ3v) is 4.98. The number of alkyl halides is 2. The van der Waals surface area contributed by atoms with E-state index >= 15 is 0 Å². The smallest absolute Gasteiger partial charge is 0.276 e. The number of carbonyl (C=O) groups is 2. The predicted molar refractivity (Wildman–Crippen MR) is 88.3 cm³/mol. The van der Waals surface area contributed by atoms with Crippen LogP contribution in [0.2, 0.25) is 0 Å². The van der Waals surface area contributed by atoms with Crippen molar-refractivity contribution in [1.82, 2.24) is 15.6 Å². The van der Waals surface area contributed by atoms with Gasteiger partial charge in [-0.3, -0.25) is 25.2 Å². The predicted octanol–water partition coefficient (Wildman–Crippen LogP) is 2.00. The van der Waals surface area contributed by atoms with Crippen LogP contribution >= 0.6 is 0 Å². The summed E-state index contributed by atoms with van der Waals surface area (Å²) < 4.78 is 32.3. The van der Waals surface area contributed by atoms with Crippen LogP contribution in [0.4, 0.5) is 8.78 Å². The van der Waals surface area contributed by atoms with Crippen LogP contribution in [0, 0.1) is 5.92 Å². The zero-order valence-electron chi connectivity index (χ0n) is 14.3. The molecule has 8 heteroatoms. The number of nitrogens with one attached hydrogen (secondary N) is 2. The highest BCUT2D eigenvalue weighted by atomic mass is 19.3. The molecule has 2 amide bonds. The van der Waals surface area contributed by atoms with Gasteiger partial charge in [-0.25, -0.2) is 8.78 Å². The van der Waals surface area contributed by atoms with Crippen LogP contribution in [-0.4, -0.2) is 41.9 Å². The zero-order chi connectivity index (χ0) is 18.3. The molecule has 1 aliphatic heterocycles. The average molecular weight is 365 g/mol. The van der Waals surface area contributed by atoms with Gasteiger partial charge in [-0.15, -0.1) is 0 Å². The van der Waals surface area contributed by atoms with E-state index in [9.17, 15) is 18.4 Å². The molecule has 6 nitrogen and oxygen atoms in total. The molecule has 26 heavy (non-hydrogen) atoms. The van der Waals surface area contributed by atoms with E-state index in [0.29, 0.717) is 24.2 Å². The fourth-order valence-electron chi connectivity index (χ4n) is 3.05. The molecule has 1 aromatic rings. The van der Waals surface area contributed by atoms with Gasteiger partial charge in [-0.1, -0.05) is 0 Å². The molecule has 0 unspecified atom stereocenters. The van der Waals surface area contributed by atoms with Gasteiger partial charge in [-0.2, -0.15) is 0 Å².